The maximum atomic E-state index is 11.3. The summed E-state index contributed by atoms with van der Waals surface area (Å²) in [5.74, 6) is -0.978. The quantitative estimate of drug-likeness (QED) is 0.363. The van der Waals surface area contributed by atoms with Crippen molar-refractivity contribution >= 4 is 16.9 Å². The second-order valence-corrected chi connectivity index (χ2v) is 4.14. The Morgan fingerprint density at radius 2 is 2.35 bits per heavy atom. The van der Waals surface area contributed by atoms with Crippen molar-refractivity contribution in [1.29, 1.82) is 0 Å². The van der Waals surface area contributed by atoms with Gasteiger partial charge in [0.05, 0.1) is 5.52 Å². The van der Waals surface area contributed by atoms with Crippen LogP contribution in [-0.2, 0) is 4.79 Å². The number of carboxylic acid groups (broad SMARTS) is 1. The van der Waals surface area contributed by atoms with Crippen molar-refractivity contribution in [1.82, 2.24) is 10.3 Å². The first-order valence-electron chi connectivity index (χ1n) is 6.04. The predicted octanol–water partition coefficient (Wildman–Crippen LogP) is 2.26. The zero-order chi connectivity index (χ0) is 14.4. The van der Waals surface area contributed by atoms with Crippen molar-refractivity contribution < 1.29 is 9.90 Å². The lowest BCUT2D eigenvalue weighted by molar-refractivity contribution is -0.139. The van der Waals surface area contributed by atoms with Gasteiger partial charge in [-0.1, -0.05) is 17.2 Å². The second kappa shape index (κ2) is 6.51. The highest BCUT2D eigenvalue weighted by Gasteiger charge is 2.18. The molecule has 7 heteroatoms. The third-order valence-corrected chi connectivity index (χ3v) is 2.83. The van der Waals surface area contributed by atoms with Gasteiger partial charge in [0.2, 0.25) is 0 Å². The predicted molar refractivity (Wildman–Crippen MR) is 74.1 cm³/mol. The molecule has 0 aliphatic heterocycles. The maximum absolute atomic E-state index is 11.3. The highest BCUT2D eigenvalue weighted by Crippen LogP contribution is 2.19. The monoisotopic (exact) mass is 271 g/mol. The smallest absolute Gasteiger partial charge is 0.325 e. The van der Waals surface area contributed by atoms with Crippen LogP contribution in [-0.4, -0.2) is 29.1 Å². The van der Waals surface area contributed by atoms with Crippen LogP contribution < -0.4 is 5.32 Å². The fourth-order valence-corrected chi connectivity index (χ4v) is 1.92. The first-order valence-corrected chi connectivity index (χ1v) is 6.04. The third kappa shape index (κ3) is 3.23. The Bertz CT molecular complexity index is 667. The summed E-state index contributed by atoms with van der Waals surface area (Å²) in [7, 11) is 0. The van der Waals surface area contributed by atoms with Crippen molar-refractivity contribution in [2.75, 3.05) is 13.1 Å². The third-order valence-electron chi connectivity index (χ3n) is 2.83. The van der Waals surface area contributed by atoms with Gasteiger partial charge in [-0.15, -0.1) is 0 Å². The fourth-order valence-electron chi connectivity index (χ4n) is 1.92. The van der Waals surface area contributed by atoms with Gasteiger partial charge in [0.15, 0.2) is 0 Å². The van der Waals surface area contributed by atoms with Crippen molar-refractivity contribution in [3.8, 4) is 0 Å². The van der Waals surface area contributed by atoms with Gasteiger partial charge in [-0.3, -0.25) is 9.78 Å². The molecule has 20 heavy (non-hydrogen) atoms. The highest BCUT2D eigenvalue weighted by molar-refractivity contribution is 5.82. The molecular weight excluding hydrogens is 258 g/mol. The molecule has 0 aliphatic carbocycles. The van der Waals surface area contributed by atoms with Gasteiger partial charge in [-0.25, -0.2) is 0 Å². The molecule has 0 fully saturated rings. The number of benzene rings is 1. The van der Waals surface area contributed by atoms with Gasteiger partial charge in [-0.05, 0) is 29.3 Å². The zero-order valence-corrected chi connectivity index (χ0v) is 10.6. The Morgan fingerprint density at radius 3 is 3.10 bits per heavy atom. The molecule has 0 spiro atoms. The van der Waals surface area contributed by atoms with Crippen LogP contribution in [0.3, 0.4) is 0 Å². The minimum Gasteiger partial charge on any atom is -0.480 e. The van der Waals surface area contributed by atoms with Crippen molar-refractivity contribution in [3.05, 3.63) is 52.5 Å². The molecule has 0 radical (unpaired) electrons. The van der Waals surface area contributed by atoms with Crippen LogP contribution in [0.4, 0.5) is 0 Å². The molecule has 2 rings (SSSR count). The average Bonchev–Trinajstić information content (AvgIpc) is 2.46. The number of carboxylic acids is 1. The standard InChI is InChI=1S/C13H13N5O2/c14-18-17-7-6-16-12(13(19)20)10-3-4-11-9(8-10)2-1-5-15-11/h1-5,8,12,16H,6-7H2,(H,19,20). The Morgan fingerprint density at radius 1 is 1.50 bits per heavy atom. The number of rotatable bonds is 6. The van der Waals surface area contributed by atoms with E-state index in [1.54, 1.807) is 30.5 Å². The second-order valence-electron chi connectivity index (χ2n) is 4.14. The van der Waals surface area contributed by atoms with E-state index in [0.717, 1.165) is 10.9 Å². The summed E-state index contributed by atoms with van der Waals surface area (Å²) >= 11 is 0. The molecule has 2 N–H and O–H groups in total. The van der Waals surface area contributed by atoms with E-state index in [9.17, 15) is 9.90 Å². The number of hydrogen-bond donors (Lipinski definition) is 2. The Hall–Kier alpha value is -2.63. The van der Waals surface area contributed by atoms with Crippen molar-refractivity contribution in [2.45, 2.75) is 6.04 Å². The van der Waals surface area contributed by atoms with Crippen LogP contribution in [0.5, 0.6) is 0 Å². The topological polar surface area (TPSA) is 111 Å². The summed E-state index contributed by atoms with van der Waals surface area (Å²) in [6, 6.07) is 8.15. The number of carbonyl (C=O) groups is 1. The Kier molecular flexibility index (Phi) is 4.49. The normalized spacial score (nSPS) is 11.8. The van der Waals surface area contributed by atoms with E-state index < -0.39 is 12.0 Å². The van der Waals surface area contributed by atoms with Crippen LogP contribution >= 0.6 is 0 Å². The molecule has 1 heterocycles. The number of azide groups is 1. The van der Waals surface area contributed by atoms with Crippen molar-refractivity contribution in [2.24, 2.45) is 5.11 Å². The van der Waals surface area contributed by atoms with Gasteiger partial charge in [0.1, 0.15) is 6.04 Å². The van der Waals surface area contributed by atoms with E-state index in [1.165, 1.54) is 0 Å². The summed E-state index contributed by atoms with van der Waals surface area (Å²) < 4.78 is 0. The number of fused-ring (bicyclic) bond motifs is 1. The van der Waals surface area contributed by atoms with Gasteiger partial charge in [-0.2, -0.15) is 0 Å². The average molecular weight is 271 g/mol. The van der Waals surface area contributed by atoms with E-state index in [0.29, 0.717) is 12.1 Å². The molecule has 2 aromatic rings. The Labute approximate surface area is 114 Å². The number of aromatic nitrogens is 1. The summed E-state index contributed by atoms with van der Waals surface area (Å²) in [6.45, 7) is 0.502. The van der Waals surface area contributed by atoms with Gasteiger partial charge in [0, 0.05) is 29.6 Å². The minimum absolute atomic E-state index is 0.204. The lowest BCUT2D eigenvalue weighted by Gasteiger charge is -2.14. The van der Waals surface area contributed by atoms with E-state index in [-0.39, 0.29) is 6.54 Å². The number of hydrogen-bond acceptors (Lipinski definition) is 4. The number of pyridine rings is 1. The van der Waals surface area contributed by atoms with Gasteiger partial charge in [0.25, 0.3) is 0 Å². The molecule has 7 nitrogen and oxygen atoms in total. The fraction of sp³-hybridized carbons (Fsp3) is 0.231. The molecule has 0 saturated carbocycles. The molecule has 0 saturated heterocycles. The zero-order valence-electron chi connectivity index (χ0n) is 10.6. The van der Waals surface area contributed by atoms with Crippen LogP contribution in [0.15, 0.2) is 41.6 Å². The minimum atomic E-state index is -0.978. The van der Waals surface area contributed by atoms with E-state index in [1.807, 2.05) is 6.07 Å². The molecule has 1 aromatic heterocycles. The van der Waals surface area contributed by atoms with E-state index >= 15 is 0 Å². The van der Waals surface area contributed by atoms with Crippen molar-refractivity contribution in [3.63, 3.8) is 0 Å². The number of aliphatic carboxylic acids is 1. The van der Waals surface area contributed by atoms with Crippen LogP contribution in [0.2, 0.25) is 0 Å². The molecular formula is C13H13N5O2. The molecule has 1 aromatic carbocycles. The highest BCUT2D eigenvalue weighted by atomic mass is 16.4. The summed E-state index contributed by atoms with van der Waals surface area (Å²) in [5.41, 5.74) is 9.64. The molecule has 0 bridgehead atoms. The molecule has 1 atom stereocenters. The first-order chi connectivity index (χ1) is 9.72. The first kappa shape index (κ1) is 13.8. The molecule has 0 aliphatic rings. The largest absolute Gasteiger partial charge is 0.480 e. The number of nitrogens with one attached hydrogen (secondary N) is 1. The lowest BCUT2D eigenvalue weighted by atomic mass is 10.0. The Balaban J connectivity index is 2.22. The summed E-state index contributed by atoms with van der Waals surface area (Å²) in [4.78, 5) is 18.1. The van der Waals surface area contributed by atoms with Crippen LogP contribution in [0.25, 0.3) is 21.3 Å². The molecule has 0 amide bonds. The maximum Gasteiger partial charge on any atom is 0.325 e. The summed E-state index contributed by atoms with van der Waals surface area (Å²) in [5, 5.41) is 16.4. The van der Waals surface area contributed by atoms with Crippen LogP contribution in [0, 0.1) is 0 Å². The van der Waals surface area contributed by atoms with Crippen LogP contribution in [0.1, 0.15) is 11.6 Å². The summed E-state index contributed by atoms with van der Waals surface area (Å²) in [6.07, 6.45) is 1.69. The van der Waals surface area contributed by atoms with E-state index in [4.69, 9.17) is 5.53 Å². The molecule has 102 valence electrons. The SMILES string of the molecule is [N-]=[N+]=NCCNC(C(=O)O)c1ccc2ncccc2c1. The number of nitrogens with zero attached hydrogens (tertiary/aromatic N) is 4. The van der Waals surface area contributed by atoms with Gasteiger partial charge >= 0.3 is 5.97 Å². The lowest BCUT2D eigenvalue weighted by Crippen LogP contribution is -2.30. The van der Waals surface area contributed by atoms with E-state index in [2.05, 4.69) is 20.3 Å². The van der Waals surface area contributed by atoms with Gasteiger partial charge < -0.3 is 10.4 Å². The molecule has 1 unspecified atom stereocenters.